The molecule has 9 heteroatoms. The molecule has 2 aromatic rings. The molecule has 5 rings (SSSR count). The van der Waals surface area contributed by atoms with E-state index in [9.17, 15) is 14.0 Å². The lowest BCUT2D eigenvalue weighted by atomic mass is 9.82. The molecule has 3 aliphatic rings. The van der Waals surface area contributed by atoms with Crippen molar-refractivity contribution in [2.75, 3.05) is 26.2 Å². The van der Waals surface area contributed by atoms with Crippen molar-refractivity contribution in [3.05, 3.63) is 64.7 Å². The van der Waals surface area contributed by atoms with Gasteiger partial charge in [0.05, 0.1) is 11.3 Å². The molecule has 0 radical (unpaired) electrons. The molecule has 220 valence electrons. The van der Waals surface area contributed by atoms with Crippen LogP contribution >= 0.6 is 24.8 Å². The zero-order chi connectivity index (χ0) is 26.9. The van der Waals surface area contributed by atoms with Crippen LogP contribution < -0.4 is 0 Å². The van der Waals surface area contributed by atoms with Crippen molar-refractivity contribution in [1.29, 1.82) is 0 Å². The van der Waals surface area contributed by atoms with Gasteiger partial charge >= 0.3 is 0 Å². The molecule has 2 aliphatic heterocycles. The number of aromatic nitrogens is 1. The van der Waals surface area contributed by atoms with E-state index in [0.717, 1.165) is 93.5 Å². The molecule has 2 amide bonds. The van der Waals surface area contributed by atoms with Gasteiger partial charge in [-0.25, -0.2) is 4.39 Å². The second-order valence-corrected chi connectivity index (χ2v) is 11.8. The Balaban J connectivity index is 0.00000220. The smallest absolute Gasteiger partial charge is 0.255 e. The summed E-state index contributed by atoms with van der Waals surface area (Å²) in [5.41, 5.74) is 3.43. The molecule has 1 aromatic heterocycles. The molecule has 3 heterocycles. The Morgan fingerprint density at radius 1 is 1.02 bits per heavy atom. The summed E-state index contributed by atoms with van der Waals surface area (Å²) in [5.74, 6) is 0.224. The van der Waals surface area contributed by atoms with Crippen LogP contribution in [0.2, 0.25) is 0 Å². The molecular weight excluding hydrogens is 550 g/mol. The number of nitrogens with zero attached hydrogens (tertiary/aromatic N) is 4. The highest BCUT2D eigenvalue weighted by atomic mass is 35.5. The summed E-state index contributed by atoms with van der Waals surface area (Å²) in [6.07, 6.45) is 8.58. The fourth-order valence-corrected chi connectivity index (χ4v) is 6.51. The molecule has 1 aromatic carbocycles. The summed E-state index contributed by atoms with van der Waals surface area (Å²) in [4.78, 5) is 37.6. The first-order valence-electron chi connectivity index (χ1n) is 14.3. The predicted octanol–water partition coefficient (Wildman–Crippen LogP) is 5.97. The molecule has 0 bridgehead atoms. The number of halogens is 3. The van der Waals surface area contributed by atoms with Gasteiger partial charge in [-0.15, -0.1) is 24.8 Å². The van der Waals surface area contributed by atoms with E-state index in [-0.39, 0.29) is 59.9 Å². The Labute approximate surface area is 250 Å². The second-order valence-electron chi connectivity index (χ2n) is 11.8. The van der Waals surface area contributed by atoms with Crippen LogP contribution in [-0.2, 0) is 11.3 Å². The summed E-state index contributed by atoms with van der Waals surface area (Å²) in [6.45, 7) is 10.1. The summed E-state index contributed by atoms with van der Waals surface area (Å²) in [6, 6.07) is 8.76. The Morgan fingerprint density at radius 3 is 2.27 bits per heavy atom. The van der Waals surface area contributed by atoms with Gasteiger partial charge < -0.3 is 9.80 Å². The van der Waals surface area contributed by atoms with E-state index in [4.69, 9.17) is 0 Å². The number of likely N-dealkylation sites (tertiary alicyclic amines) is 2. The minimum atomic E-state index is -0.250. The number of benzene rings is 1. The van der Waals surface area contributed by atoms with Gasteiger partial charge in [-0.05, 0) is 88.6 Å². The Hall–Kier alpha value is -2.22. The lowest BCUT2D eigenvalue weighted by Crippen LogP contribution is -2.58. The number of carbonyl (C=O) groups is 2. The molecule has 1 saturated carbocycles. The zero-order valence-corrected chi connectivity index (χ0v) is 25.5. The third-order valence-electron chi connectivity index (χ3n) is 9.34. The lowest BCUT2D eigenvalue weighted by Gasteiger charge is -2.50. The first kappa shape index (κ1) is 32.3. The van der Waals surface area contributed by atoms with Gasteiger partial charge in [0.2, 0.25) is 5.91 Å². The second kappa shape index (κ2) is 13.6. The van der Waals surface area contributed by atoms with Gasteiger partial charge in [0.25, 0.3) is 5.91 Å². The van der Waals surface area contributed by atoms with Crippen molar-refractivity contribution >= 4 is 36.6 Å². The highest BCUT2D eigenvalue weighted by Gasteiger charge is 2.41. The maximum absolute atomic E-state index is 13.9. The highest BCUT2D eigenvalue weighted by molar-refractivity contribution is 5.96. The lowest BCUT2D eigenvalue weighted by molar-refractivity contribution is -0.143. The maximum Gasteiger partial charge on any atom is 0.255 e. The number of aryl methyl sites for hydroxylation is 2. The van der Waals surface area contributed by atoms with Crippen LogP contribution in [0, 0.1) is 25.6 Å². The number of amides is 2. The van der Waals surface area contributed by atoms with Crippen molar-refractivity contribution in [3.8, 4) is 0 Å². The van der Waals surface area contributed by atoms with Gasteiger partial charge in [-0.3, -0.25) is 19.5 Å². The van der Waals surface area contributed by atoms with E-state index >= 15 is 0 Å². The summed E-state index contributed by atoms with van der Waals surface area (Å²) in [7, 11) is 0. The fourth-order valence-electron chi connectivity index (χ4n) is 6.51. The van der Waals surface area contributed by atoms with Crippen LogP contribution in [-0.4, -0.2) is 69.3 Å². The van der Waals surface area contributed by atoms with Crippen molar-refractivity contribution in [3.63, 3.8) is 0 Å². The van der Waals surface area contributed by atoms with Gasteiger partial charge in [0.1, 0.15) is 5.82 Å². The van der Waals surface area contributed by atoms with E-state index in [2.05, 4.69) is 21.7 Å². The van der Waals surface area contributed by atoms with Crippen molar-refractivity contribution in [2.24, 2.45) is 5.92 Å². The average molecular weight is 594 g/mol. The molecular formula is C31H43Cl2FN4O2. The van der Waals surface area contributed by atoms with Gasteiger partial charge in [-0.1, -0.05) is 18.6 Å². The maximum atomic E-state index is 13.9. The Kier molecular flexibility index (Phi) is 11.0. The van der Waals surface area contributed by atoms with Gasteiger partial charge in [0, 0.05) is 56.4 Å². The Morgan fingerprint density at radius 2 is 1.70 bits per heavy atom. The molecule has 3 fully saturated rings. The van der Waals surface area contributed by atoms with E-state index in [1.165, 1.54) is 6.07 Å². The molecule has 0 N–H and O–H groups in total. The standard InChI is InChI=1S/C31H41FN4O2.2ClH/c1-22-10-15-33-23(2)28(22)30(38)34-18-13-31(3,14-19-34)35-16-11-27(12-17-35)36(29(37)25-7-5-8-25)21-24-6-4-9-26(32)20-24;;/h4,6,9-10,15,20,25,27H,5,7-8,11-14,16-19,21H2,1-3H3;2*1H. The monoisotopic (exact) mass is 592 g/mol. The number of rotatable bonds is 6. The van der Waals surface area contributed by atoms with Crippen molar-refractivity contribution < 1.29 is 14.0 Å². The third-order valence-corrected chi connectivity index (χ3v) is 9.34. The van der Waals surface area contributed by atoms with Crippen molar-refractivity contribution in [2.45, 2.75) is 83.8 Å². The van der Waals surface area contributed by atoms with Crippen LogP contribution in [0.4, 0.5) is 4.39 Å². The highest BCUT2D eigenvalue weighted by Crippen LogP contribution is 2.35. The zero-order valence-electron chi connectivity index (χ0n) is 23.9. The Bertz CT molecular complexity index is 1160. The SMILES string of the molecule is Cc1ccnc(C)c1C(=O)N1CCC(C)(N2CCC(N(Cc3cccc(F)c3)C(=O)C3CCC3)CC2)CC1.Cl.Cl. The molecule has 1 aliphatic carbocycles. The third kappa shape index (κ3) is 6.80. The molecule has 0 unspecified atom stereocenters. The van der Waals surface area contributed by atoms with Crippen molar-refractivity contribution in [1.82, 2.24) is 19.7 Å². The summed E-state index contributed by atoms with van der Waals surface area (Å²) >= 11 is 0. The number of hydrogen-bond acceptors (Lipinski definition) is 4. The van der Waals surface area contributed by atoms with Crippen LogP contribution in [0.15, 0.2) is 36.5 Å². The molecule has 0 atom stereocenters. The largest absolute Gasteiger partial charge is 0.338 e. The van der Waals surface area contributed by atoms with E-state index in [1.54, 1.807) is 18.3 Å². The number of carbonyl (C=O) groups excluding carboxylic acids is 2. The fraction of sp³-hybridized carbons (Fsp3) is 0.581. The minimum Gasteiger partial charge on any atom is -0.338 e. The van der Waals surface area contributed by atoms with Crippen LogP contribution in [0.1, 0.15) is 79.0 Å². The van der Waals surface area contributed by atoms with Crippen LogP contribution in [0.5, 0.6) is 0 Å². The molecule has 6 nitrogen and oxygen atoms in total. The van der Waals surface area contributed by atoms with E-state index in [0.29, 0.717) is 6.54 Å². The van der Waals surface area contributed by atoms with Gasteiger partial charge in [0.15, 0.2) is 0 Å². The molecule has 0 spiro atoms. The molecule has 2 saturated heterocycles. The van der Waals surface area contributed by atoms with E-state index < -0.39 is 0 Å². The minimum absolute atomic E-state index is 0. The summed E-state index contributed by atoms with van der Waals surface area (Å²) < 4.78 is 13.9. The van der Waals surface area contributed by atoms with Crippen LogP contribution in [0.3, 0.4) is 0 Å². The quantitative estimate of drug-likeness (QED) is 0.414. The molecule has 40 heavy (non-hydrogen) atoms. The average Bonchev–Trinajstić information content (AvgIpc) is 2.86. The number of hydrogen-bond donors (Lipinski definition) is 0. The first-order chi connectivity index (χ1) is 18.2. The topological polar surface area (TPSA) is 56.8 Å². The summed E-state index contributed by atoms with van der Waals surface area (Å²) in [5, 5.41) is 0. The normalized spacial score (nSPS) is 19.6. The predicted molar refractivity (Wildman–Crippen MR) is 161 cm³/mol. The van der Waals surface area contributed by atoms with E-state index in [1.807, 2.05) is 30.9 Å². The number of piperidine rings is 2. The van der Waals surface area contributed by atoms with Crippen LogP contribution in [0.25, 0.3) is 0 Å². The van der Waals surface area contributed by atoms with Gasteiger partial charge in [-0.2, -0.15) is 0 Å². The number of pyridine rings is 1. The first-order valence-corrected chi connectivity index (χ1v) is 14.3.